The molecule has 5 heteroatoms. The minimum Gasteiger partial charge on any atom is -0.370 e. The second-order valence-corrected chi connectivity index (χ2v) is 6.19. The predicted molar refractivity (Wildman–Crippen MR) is 85.1 cm³/mol. The van der Waals surface area contributed by atoms with Gasteiger partial charge in [0.15, 0.2) is 0 Å². The van der Waals surface area contributed by atoms with Crippen LogP contribution in [0.5, 0.6) is 0 Å². The summed E-state index contributed by atoms with van der Waals surface area (Å²) in [6.07, 6.45) is 6.32. The minimum atomic E-state index is 0.0872. The van der Waals surface area contributed by atoms with Gasteiger partial charge in [0.25, 0.3) is 5.91 Å². The lowest BCUT2D eigenvalue weighted by Crippen LogP contribution is -2.38. The lowest BCUT2D eigenvalue weighted by Gasteiger charge is -2.28. The van der Waals surface area contributed by atoms with Gasteiger partial charge in [-0.05, 0) is 48.7 Å². The lowest BCUT2D eigenvalue weighted by atomic mass is 10.1. The third-order valence-electron chi connectivity index (χ3n) is 3.74. The standard InChI is InChI=1S/C15H22BrN3O/c1-3-17-14-13(9-12(16)10-18-14)15(20)19-8-6-4-5-7-11(19)2/h9-11H,3-8H2,1-2H3,(H,17,18). The summed E-state index contributed by atoms with van der Waals surface area (Å²) in [5.74, 6) is 0.765. The van der Waals surface area contributed by atoms with E-state index in [-0.39, 0.29) is 5.91 Å². The zero-order valence-corrected chi connectivity index (χ0v) is 13.7. The molecule has 110 valence electrons. The first-order valence-corrected chi connectivity index (χ1v) is 8.13. The number of carbonyl (C=O) groups excluding carboxylic acids is 1. The quantitative estimate of drug-likeness (QED) is 0.913. The van der Waals surface area contributed by atoms with Crippen LogP contribution in [0.3, 0.4) is 0 Å². The molecule has 1 amide bonds. The number of aromatic nitrogens is 1. The molecule has 0 bridgehead atoms. The summed E-state index contributed by atoms with van der Waals surface area (Å²) in [6, 6.07) is 2.17. The topological polar surface area (TPSA) is 45.2 Å². The van der Waals surface area contributed by atoms with Crippen LogP contribution in [-0.2, 0) is 0 Å². The number of carbonyl (C=O) groups is 1. The summed E-state index contributed by atoms with van der Waals surface area (Å²) in [4.78, 5) is 19.2. The van der Waals surface area contributed by atoms with Crippen LogP contribution in [0.2, 0.25) is 0 Å². The van der Waals surface area contributed by atoms with E-state index in [4.69, 9.17) is 0 Å². The van der Waals surface area contributed by atoms with Crippen molar-refractivity contribution in [2.45, 2.75) is 45.6 Å². The third-order valence-corrected chi connectivity index (χ3v) is 4.18. The number of pyridine rings is 1. The van der Waals surface area contributed by atoms with Crippen molar-refractivity contribution in [1.82, 2.24) is 9.88 Å². The average Bonchev–Trinajstić information content (AvgIpc) is 2.65. The molecule has 2 heterocycles. The fraction of sp³-hybridized carbons (Fsp3) is 0.600. The molecule has 0 aliphatic carbocycles. The normalized spacial score (nSPS) is 19.6. The molecule has 1 aromatic rings. The number of anilines is 1. The SMILES string of the molecule is CCNc1ncc(Br)cc1C(=O)N1CCCCCC1C. The van der Waals surface area contributed by atoms with E-state index < -0.39 is 0 Å². The van der Waals surface area contributed by atoms with Gasteiger partial charge >= 0.3 is 0 Å². The van der Waals surface area contributed by atoms with Crippen molar-refractivity contribution in [3.05, 3.63) is 22.3 Å². The summed E-state index contributed by atoms with van der Waals surface area (Å²) in [7, 11) is 0. The number of likely N-dealkylation sites (tertiary alicyclic amines) is 1. The Morgan fingerprint density at radius 2 is 2.30 bits per heavy atom. The number of nitrogens with zero attached hydrogens (tertiary/aromatic N) is 2. The molecule has 1 atom stereocenters. The Morgan fingerprint density at radius 3 is 3.05 bits per heavy atom. The van der Waals surface area contributed by atoms with Gasteiger partial charge in [0.2, 0.25) is 0 Å². The van der Waals surface area contributed by atoms with Crippen molar-refractivity contribution in [1.29, 1.82) is 0 Å². The van der Waals surface area contributed by atoms with Gasteiger partial charge in [-0.25, -0.2) is 4.98 Å². The molecule has 1 N–H and O–H groups in total. The molecule has 1 aliphatic rings. The zero-order chi connectivity index (χ0) is 14.5. The highest BCUT2D eigenvalue weighted by molar-refractivity contribution is 9.10. The number of amides is 1. The van der Waals surface area contributed by atoms with Crippen molar-refractivity contribution in [3.63, 3.8) is 0 Å². The van der Waals surface area contributed by atoms with E-state index in [0.717, 1.165) is 30.4 Å². The maximum Gasteiger partial charge on any atom is 0.257 e. The number of hydrogen-bond donors (Lipinski definition) is 1. The third kappa shape index (κ3) is 3.51. The second-order valence-electron chi connectivity index (χ2n) is 5.28. The Hall–Kier alpha value is -1.10. The summed E-state index contributed by atoms with van der Waals surface area (Å²) in [6.45, 7) is 5.75. The van der Waals surface area contributed by atoms with E-state index in [9.17, 15) is 4.79 Å². The smallest absolute Gasteiger partial charge is 0.257 e. The lowest BCUT2D eigenvalue weighted by molar-refractivity contribution is 0.0698. The monoisotopic (exact) mass is 339 g/mol. The number of hydrogen-bond acceptors (Lipinski definition) is 3. The van der Waals surface area contributed by atoms with Gasteiger partial charge in [-0.15, -0.1) is 0 Å². The van der Waals surface area contributed by atoms with Crippen LogP contribution in [0.25, 0.3) is 0 Å². The average molecular weight is 340 g/mol. The molecule has 1 aliphatic heterocycles. The van der Waals surface area contributed by atoms with Crippen molar-refractivity contribution in [2.75, 3.05) is 18.4 Å². The molecule has 1 aromatic heterocycles. The van der Waals surface area contributed by atoms with Crippen LogP contribution >= 0.6 is 15.9 Å². The van der Waals surface area contributed by atoms with Crippen molar-refractivity contribution >= 4 is 27.7 Å². The van der Waals surface area contributed by atoms with Crippen LogP contribution < -0.4 is 5.32 Å². The first kappa shape index (κ1) is 15.3. The van der Waals surface area contributed by atoms with Gasteiger partial charge in [0.05, 0.1) is 5.56 Å². The van der Waals surface area contributed by atoms with Crippen LogP contribution in [0.15, 0.2) is 16.7 Å². The number of rotatable bonds is 3. The Balaban J connectivity index is 2.28. The van der Waals surface area contributed by atoms with Gasteiger partial charge in [-0.1, -0.05) is 12.8 Å². The van der Waals surface area contributed by atoms with E-state index in [0.29, 0.717) is 17.4 Å². The maximum atomic E-state index is 12.8. The van der Waals surface area contributed by atoms with E-state index in [1.807, 2.05) is 17.9 Å². The molecular formula is C15H22BrN3O. The van der Waals surface area contributed by atoms with Gasteiger partial charge in [0.1, 0.15) is 5.82 Å². The fourth-order valence-electron chi connectivity index (χ4n) is 2.64. The zero-order valence-electron chi connectivity index (χ0n) is 12.2. The molecule has 0 radical (unpaired) electrons. The molecule has 0 spiro atoms. The largest absolute Gasteiger partial charge is 0.370 e. The van der Waals surface area contributed by atoms with E-state index in [2.05, 4.69) is 33.2 Å². The van der Waals surface area contributed by atoms with Gasteiger partial charge in [-0.3, -0.25) is 4.79 Å². The van der Waals surface area contributed by atoms with E-state index in [1.165, 1.54) is 12.8 Å². The molecule has 1 fully saturated rings. The van der Waals surface area contributed by atoms with Gasteiger partial charge < -0.3 is 10.2 Å². The Kier molecular flexibility index (Phi) is 5.40. The molecule has 2 rings (SSSR count). The van der Waals surface area contributed by atoms with Crippen LogP contribution in [0.1, 0.15) is 49.9 Å². The minimum absolute atomic E-state index is 0.0872. The van der Waals surface area contributed by atoms with Crippen LogP contribution in [-0.4, -0.2) is 34.9 Å². The predicted octanol–water partition coefficient (Wildman–Crippen LogP) is 3.68. The Bertz CT molecular complexity index is 478. The molecule has 0 aromatic carbocycles. The molecule has 1 unspecified atom stereocenters. The summed E-state index contributed by atoms with van der Waals surface area (Å²) < 4.78 is 0.838. The summed E-state index contributed by atoms with van der Waals surface area (Å²) >= 11 is 3.41. The van der Waals surface area contributed by atoms with E-state index in [1.54, 1.807) is 6.20 Å². The van der Waals surface area contributed by atoms with E-state index >= 15 is 0 Å². The summed E-state index contributed by atoms with van der Waals surface area (Å²) in [5, 5.41) is 3.17. The first-order chi connectivity index (χ1) is 9.63. The van der Waals surface area contributed by atoms with Crippen molar-refractivity contribution < 1.29 is 4.79 Å². The molecular weight excluding hydrogens is 318 g/mol. The van der Waals surface area contributed by atoms with Crippen LogP contribution in [0, 0.1) is 0 Å². The summed E-state index contributed by atoms with van der Waals surface area (Å²) in [5.41, 5.74) is 0.662. The molecule has 20 heavy (non-hydrogen) atoms. The molecule has 0 saturated carbocycles. The van der Waals surface area contributed by atoms with Crippen molar-refractivity contribution in [2.24, 2.45) is 0 Å². The second kappa shape index (κ2) is 7.07. The van der Waals surface area contributed by atoms with Crippen LogP contribution in [0.4, 0.5) is 5.82 Å². The molecule has 4 nitrogen and oxygen atoms in total. The Morgan fingerprint density at radius 1 is 1.50 bits per heavy atom. The highest BCUT2D eigenvalue weighted by Crippen LogP contribution is 2.24. The van der Waals surface area contributed by atoms with Gasteiger partial charge in [0, 0.05) is 29.8 Å². The number of halogens is 1. The maximum absolute atomic E-state index is 12.8. The highest BCUT2D eigenvalue weighted by atomic mass is 79.9. The first-order valence-electron chi connectivity index (χ1n) is 7.34. The van der Waals surface area contributed by atoms with Crippen molar-refractivity contribution in [3.8, 4) is 0 Å². The highest BCUT2D eigenvalue weighted by Gasteiger charge is 2.25. The number of nitrogens with one attached hydrogen (secondary N) is 1. The van der Waals surface area contributed by atoms with Gasteiger partial charge in [-0.2, -0.15) is 0 Å². The Labute approximate surface area is 129 Å². The fourth-order valence-corrected chi connectivity index (χ4v) is 2.97. The molecule has 1 saturated heterocycles.